The lowest BCUT2D eigenvalue weighted by molar-refractivity contribution is -0.161. The molecular weight excluding hydrogens is 409 g/mol. The van der Waals surface area contributed by atoms with Crippen molar-refractivity contribution in [3.05, 3.63) is 82.7 Å². The number of fused-ring (bicyclic) bond motifs is 2. The molecule has 6 nitrogen and oxygen atoms in total. The maximum atomic E-state index is 13.9. The molecule has 3 aliphatic heterocycles. The molecule has 0 saturated carbocycles. The van der Waals surface area contributed by atoms with Crippen LogP contribution in [0, 0.1) is 0 Å². The van der Waals surface area contributed by atoms with E-state index in [1.54, 1.807) is 61.5 Å². The summed E-state index contributed by atoms with van der Waals surface area (Å²) in [5.41, 5.74) is 4.52. The molecule has 0 radical (unpaired) electrons. The molecule has 1 saturated heterocycles. The first-order chi connectivity index (χ1) is 14.8. The van der Waals surface area contributed by atoms with Crippen molar-refractivity contribution >= 4 is 11.8 Å². The summed E-state index contributed by atoms with van der Waals surface area (Å²) in [6, 6.07) is 13.4. The highest BCUT2D eigenvalue weighted by Crippen LogP contribution is 2.42. The Morgan fingerprint density at radius 2 is 1.65 bits per heavy atom. The van der Waals surface area contributed by atoms with Crippen LogP contribution in [0.5, 0.6) is 0 Å². The van der Waals surface area contributed by atoms with Crippen LogP contribution in [0.3, 0.4) is 0 Å². The third-order valence-corrected chi connectivity index (χ3v) is 6.03. The highest BCUT2D eigenvalue weighted by Gasteiger charge is 2.58. The van der Waals surface area contributed by atoms with Crippen molar-refractivity contribution in [2.75, 3.05) is 0 Å². The molecule has 1 fully saturated rings. The molecule has 0 aromatic heterocycles. The van der Waals surface area contributed by atoms with Gasteiger partial charge in [-0.25, -0.2) is 10.4 Å². The third kappa shape index (κ3) is 2.99. The molecule has 9 heteroatoms. The normalized spacial score (nSPS) is 25.6. The average molecular weight is 428 g/mol. The smallest absolute Gasteiger partial charge is 0.365 e. The molecule has 0 bridgehead atoms. The molecule has 5 rings (SSSR count). The monoisotopic (exact) mass is 428 g/mol. The van der Waals surface area contributed by atoms with Gasteiger partial charge in [0.15, 0.2) is 0 Å². The quantitative estimate of drug-likeness (QED) is 0.772. The van der Waals surface area contributed by atoms with Gasteiger partial charge >= 0.3 is 6.18 Å². The first-order valence-electron chi connectivity index (χ1n) is 9.86. The van der Waals surface area contributed by atoms with Gasteiger partial charge in [-0.05, 0) is 24.1 Å². The summed E-state index contributed by atoms with van der Waals surface area (Å²) in [7, 11) is 0. The van der Waals surface area contributed by atoms with E-state index in [-0.39, 0.29) is 18.1 Å². The van der Waals surface area contributed by atoms with Crippen molar-refractivity contribution in [2.24, 2.45) is 0 Å². The van der Waals surface area contributed by atoms with Gasteiger partial charge in [0, 0.05) is 11.3 Å². The second kappa shape index (κ2) is 6.84. The highest BCUT2D eigenvalue weighted by atomic mass is 19.4. The van der Waals surface area contributed by atoms with Crippen LogP contribution in [0.15, 0.2) is 66.0 Å². The van der Waals surface area contributed by atoms with E-state index in [9.17, 15) is 22.8 Å². The number of amides is 2. The minimum absolute atomic E-state index is 0.0552. The molecule has 2 N–H and O–H groups in total. The number of hydrogen-bond acceptors (Lipinski definition) is 4. The molecule has 3 atom stereocenters. The van der Waals surface area contributed by atoms with E-state index >= 15 is 0 Å². The van der Waals surface area contributed by atoms with Crippen LogP contribution in [0.25, 0.3) is 0 Å². The number of hydrogen-bond donors (Lipinski definition) is 2. The van der Waals surface area contributed by atoms with Crippen LogP contribution in [0.2, 0.25) is 0 Å². The molecule has 31 heavy (non-hydrogen) atoms. The fourth-order valence-corrected chi connectivity index (χ4v) is 4.64. The second-order valence-corrected chi connectivity index (χ2v) is 7.87. The molecule has 3 aliphatic rings. The predicted octanol–water partition coefficient (Wildman–Crippen LogP) is 2.86. The Morgan fingerprint density at radius 3 is 2.32 bits per heavy atom. The molecule has 2 aromatic rings. The summed E-state index contributed by atoms with van der Waals surface area (Å²) in [4.78, 5) is 27.6. The number of nitrogens with one attached hydrogen (secondary N) is 2. The van der Waals surface area contributed by atoms with Gasteiger partial charge in [-0.1, -0.05) is 48.5 Å². The van der Waals surface area contributed by atoms with Crippen molar-refractivity contribution in [2.45, 2.75) is 37.8 Å². The fourth-order valence-electron chi connectivity index (χ4n) is 4.64. The molecule has 0 spiro atoms. The molecule has 2 amide bonds. The van der Waals surface area contributed by atoms with E-state index in [2.05, 4.69) is 10.7 Å². The second-order valence-electron chi connectivity index (χ2n) is 7.87. The molecular formula is C22H19F3N4O2. The van der Waals surface area contributed by atoms with Crippen molar-refractivity contribution in [3.8, 4) is 0 Å². The number of rotatable bonds is 2. The summed E-state index contributed by atoms with van der Waals surface area (Å²) < 4.78 is 41.7. The Kier molecular flexibility index (Phi) is 4.33. The number of nitrogens with zero attached hydrogens (tertiary/aromatic N) is 2. The van der Waals surface area contributed by atoms with Gasteiger partial charge in [-0.15, -0.1) is 0 Å². The number of allylic oxidation sites excluding steroid dienone is 1. The van der Waals surface area contributed by atoms with Crippen molar-refractivity contribution in [1.29, 1.82) is 0 Å². The zero-order valence-corrected chi connectivity index (χ0v) is 16.5. The SMILES string of the molecule is CC1=C(N2Cc3ccccc3C2=O)C(=O)N2NC(C(F)(F)F)C(c3ccccc3)C2N1. The Hall–Kier alpha value is -3.33. The van der Waals surface area contributed by atoms with Gasteiger partial charge in [-0.2, -0.15) is 13.2 Å². The van der Waals surface area contributed by atoms with Gasteiger partial charge in [-0.3, -0.25) is 14.5 Å². The number of carbonyl (C=O) groups is 2. The average Bonchev–Trinajstić information content (AvgIpc) is 3.28. The standard InChI is InChI=1S/C22H19F3N4O2/c1-12-17(28-11-14-9-5-6-10-15(14)20(28)30)21(31)29-19(26-12)16(13-7-3-2-4-8-13)18(27-29)22(23,24)25/h2-10,16,18-19,26-27H,11H2,1H3. The Labute approximate surface area is 176 Å². The van der Waals surface area contributed by atoms with Gasteiger partial charge in [0.05, 0.1) is 12.5 Å². The van der Waals surface area contributed by atoms with Crippen molar-refractivity contribution in [1.82, 2.24) is 20.7 Å². The minimum Gasteiger partial charge on any atom is -0.365 e. The first kappa shape index (κ1) is 19.6. The van der Waals surface area contributed by atoms with Crippen LogP contribution in [0.1, 0.15) is 34.3 Å². The Balaban J connectivity index is 1.53. The summed E-state index contributed by atoms with van der Waals surface area (Å²) >= 11 is 0. The Bertz CT molecular complexity index is 1100. The topological polar surface area (TPSA) is 64.7 Å². The highest BCUT2D eigenvalue weighted by molar-refractivity contribution is 6.06. The van der Waals surface area contributed by atoms with Crippen LogP contribution in [0.4, 0.5) is 13.2 Å². The van der Waals surface area contributed by atoms with Crippen molar-refractivity contribution in [3.63, 3.8) is 0 Å². The van der Waals surface area contributed by atoms with E-state index in [1.165, 1.54) is 4.90 Å². The first-order valence-corrected chi connectivity index (χ1v) is 9.86. The van der Waals surface area contributed by atoms with Crippen LogP contribution < -0.4 is 10.7 Å². The lowest BCUT2D eigenvalue weighted by Crippen LogP contribution is -2.57. The number of hydrazine groups is 1. The molecule has 0 aliphatic carbocycles. The van der Waals surface area contributed by atoms with Gasteiger partial charge in [0.1, 0.15) is 17.9 Å². The largest absolute Gasteiger partial charge is 0.406 e. The lowest BCUT2D eigenvalue weighted by Gasteiger charge is -2.37. The minimum atomic E-state index is -4.58. The molecule has 160 valence electrons. The summed E-state index contributed by atoms with van der Waals surface area (Å²) in [6.45, 7) is 1.81. The third-order valence-electron chi connectivity index (χ3n) is 6.03. The van der Waals surface area contributed by atoms with Crippen molar-refractivity contribution < 1.29 is 22.8 Å². The van der Waals surface area contributed by atoms with E-state index in [1.807, 2.05) is 0 Å². The number of halogens is 3. The molecule has 3 heterocycles. The van der Waals surface area contributed by atoms with E-state index < -0.39 is 30.2 Å². The number of benzene rings is 2. The summed E-state index contributed by atoms with van der Waals surface area (Å²) in [5.74, 6) is -2.05. The Morgan fingerprint density at radius 1 is 0.968 bits per heavy atom. The van der Waals surface area contributed by atoms with Crippen LogP contribution in [-0.4, -0.2) is 40.1 Å². The fraction of sp³-hybridized carbons (Fsp3) is 0.273. The lowest BCUT2D eigenvalue weighted by atomic mass is 9.89. The predicted molar refractivity (Wildman–Crippen MR) is 105 cm³/mol. The zero-order chi connectivity index (χ0) is 21.9. The molecule has 2 aromatic carbocycles. The van der Waals surface area contributed by atoms with E-state index in [0.717, 1.165) is 10.6 Å². The number of carbonyl (C=O) groups excluding carboxylic acids is 2. The van der Waals surface area contributed by atoms with E-state index in [4.69, 9.17) is 0 Å². The van der Waals surface area contributed by atoms with Crippen LogP contribution in [-0.2, 0) is 11.3 Å². The maximum absolute atomic E-state index is 13.9. The maximum Gasteiger partial charge on any atom is 0.406 e. The van der Waals surface area contributed by atoms with Crippen LogP contribution >= 0.6 is 0 Å². The summed E-state index contributed by atoms with van der Waals surface area (Å²) in [6.07, 6.45) is -5.52. The van der Waals surface area contributed by atoms with Gasteiger partial charge < -0.3 is 5.32 Å². The summed E-state index contributed by atoms with van der Waals surface area (Å²) in [5, 5.41) is 4.04. The molecule has 3 unspecified atom stereocenters. The van der Waals surface area contributed by atoms with E-state index in [0.29, 0.717) is 16.8 Å². The number of alkyl halides is 3. The van der Waals surface area contributed by atoms with Gasteiger partial charge in [0.2, 0.25) is 0 Å². The van der Waals surface area contributed by atoms with Gasteiger partial charge in [0.25, 0.3) is 11.8 Å². The zero-order valence-electron chi connectivity index (χ0n) is 16.5.